The number of aliphatic hydroxyl groups excluding tert-OH is 1. The van der Waals surface area contributed by atoms with Gasteiger partial charge in [-0.2, -0.15) is 0 Å². The van der Waals surface area contributed by atoms with Gasteiger partial charge in [-0.3, -0.25) is 4.79 Å². The van der Waals surface area contributed by atoms with Crippen LogP contribution in [-0.4, -0.2) is 39.3 Å². The summed E-state index contributed by atoms with van der Waals surface area (Å²) in [6.45, 7) is 0. The Morgan fingerprint density at radius 3 is 2.32 bits per heavy atom. The summed E-state index contributed by atoms with van der Waals surface area (Å²) in [5, 5.41) is 23.6. The number of hydrogen-bond acceptors (Lipinski definition) is 6. The van der Waals surface area contributed by atoms with E-state index in [2.05, 4.69) is 10.3 Å². The first-order valence-corrected chi connectivity index (χ1v) is 12.6. The summed E-state index contributed by atoms with van der Waals surface area (Å²) in [6, 6.07) is 21.4. The van der Waals surface area contributed by atoms with E-state index in [4.69, 9.17) is 9.47 Å². The lowest BCUT2D eigenvalue weighted by Gasteiger charge is -2.26. The number of aromatic nitrogens is 1. The third kappa shape index (κ3) is 6.27. The molecule has 0 atom stereocenters. The summed E-state index contributed by atoms with van der Waals surface area (Å²) >= 11 is 0. The number of pyridine rings is 1. The number of carbonyl (C=O) groups excluding carboxylic acids is 1. The Bertz CT molecular complexity index is 1450. The summed E-state index contributed by atoms with van der Waals surface area (Å²) in [6.07, 6.45) is 4.83. The molecular formula is C30H28N2O6. The number of benzene rings is 3. The van der Waals surface area contributed by atoms with Crippen LogP contribution in [0.15, 0.2) is 79.0 Å². The number of carboxylic acid groups (broad SMARTS) is 1. The van der Waals surface area contributed by atoms with E-state index in [0.717, 1.165) is 42.2 Å². The van der Waals surface area contributed by atoms with E-state index in [0.29, 0.717) is 17.2 Å². The van der Waals surface area contributed by atoms with Gasteiger partial charge < -0.3 is 25.0 Å². The van der Waals surface area contributed by atoms with Gasteiger partial charge in [0.25, 0.3) is 0 Å². The molecule has 1 fully saturated rings. The molecule has 0 bridgehead atoms. The minimum Gasteiger partial charge on any atom is -0.490 e. The zero-order valence-corrected chi connectivity index (χ0v) is 20.7. The number of rotatable bonds is 8. The third-order valence-corrected chi connectivity index (χ3v) is 6.55. The molecule has 0 saturated heterocycles. The number of ether oxygens (including phenoxy) is 2. The van der Waals surface area contributed by atoms with Crippen LogP contribution in [0.3, 0.4) is 0 Å². The molecular weight excluding hydrogens is 484 g/mol. The lowest BCUT2D eigenvalue weighted by Crippen LogP contribution is -2.26. The maximum absolute atomic E-state index is 12.4. The van der Waals surface area contributed by atoms with Crippen molar-refractivity contribution in [3.63, 3.8) is 0 Å². The number of amides is 1. The van der Waals surface area contributed by atoms with Gasteiger partial charge >= 0.3 is 5.97 Å². The summed E-state index contributed by atoms with van der Waals surface area (Å²) in [5.74, 6) is 0.404. The highest BCUT2D eigenvalue weighted by Gasteiger charge is 2.20. The van der Waals surface area contributed by atoms with Crippen molar-refractivity contribution in [2.45, 2.75) is 44.3 Å². The average molecular weight is 513 g/mol. The Morgan fingerprint density at radius 2 is 1.61 bits per heavy atom. The fourth-order valence-electron chi connectivity index (χ4n) is 4.55. The zero-order chi connectivity index (χ0) is 26.5. The molecule has 5 rings (SSSR count). The maximum Gasteiger partial charge on any atom is 0.337 e. The second kappa shape index (κ2) is 11.3. The molecule has 8 nitrogen and oxygen atoms in total. The molecule has 0 aliphatic heterocycles. The Morgan fingerprint density at radius 1 is 0.895 bits per heavy atom. The van der Waals surface area contributed by atoms with Crippen LogP contribution in [0.2, 0.25) is 0 Å². The molecule has 1 heterocycles. The standard InChI is InChI=1S/C30H28N2O6/c33-22-8-12-23(13-9-22)37-24-10-6-21-17-25(11-7-20(21)16-24)38-29-14-5-19(18-31-29)15-28(34)32-27-4-2-1-3-26(27)30(35)36/h1-7,10-11,14,16-18,22-23,33H,8-9,12-13,15H2,(H,32,34)(H,35,36). The number of nitrogens with one attached hydrogen (secondary N) is 1. The summed E-state index contributed by atoms with van der Waals surface area (Å²) < 4.78 is 12.0. The average Bonchev–Trinajstić information content (AvgIpc) is 2.91. The van der Waals surface area contributed by atoms with Gasteiger partial charge in [0, 0.05) is 12.3 Å². The van der Waals surface area contributed by atoms with Crippen LogP contribution in [0.1, 0.15) is 41.6 Å². The molecule has 4 aromatic rings. The highest BCUT2D eigenvalue weighted by atomic mass is 16.5. The molecule has 194 valence electrons. The van der Waals surface area contributed by atoms with Gasteiger partial charge in [0.1, 0.15) is 11.5 Å². The molecule has 0 spiro atoms. The molecule has 1 aromatic heterocycles. The largest absolute Gasteiger partial charge is 0.490 e. The topological polar surface area (TPSA) is 118 Å². The normalized spacial score (nSPS) is 17.1. The molecule has 0 radical (unpaired) electrons. The van der Waals surface area contributed by atoms with Crippen molar-refractivity contribution in [3.05, 3.63) is 90.1 Å². The fourth-order valence-corrected chi connectivity index (χ4v) is 4.55. The van der Waals surface area contributed by atoms with Gasteiger partial charge in [-0.25, -0.2) is 9.78 Å². The minimum atomic E-state index is -1.10. The number of fused-ring (bicyclic) bond motifs is 1. The predicted octanol–water partition coefficient (Wildman–Crippen LogP) is 5.59. The number of aliphatic hydroxyl groups is 1. The van der Waals surface area contributed by atoms with Gasteiger partial charge in [-0.1, -0.05) is 30.3 Å². The number of hydrogen-bond donors (Lipinski definition) is 3. The third-order valence-electron chi connectivity index (χ3n) is 6.55. The van der Waals surface area contributed by atoms with Gasteiger partial charge in [0.15, 0.2) is 0 Å². The molecule has 3 aromatic carbocycles. The number of carbonyl (C=O) groups is 2. The van der Waals surface area contributed by atoms with Crippen molar-refractivity contribution < 1.29 is 29.3 Å². The summed E-state index contributed by atoms with van der Waals surface area (Å²) in [5.41, 5.74) is 0.953. The van der Waals surface area contributed by atoms with Crippen LogP contribution in [0, 0.1) is 0 Å². The molecule has 8 heteroatoms. The van der Waals surface area contributed by atoms with Gasteiger partial charge in [-0.05, 0) is 78.4 Å². The van der Waals surface area contributed by atoms with Crippen molar-refractivity contribution in [2.75, 3.05) is 5.32 Å². The van der Waals surface area contributed by atoms with Crippen LogP contribution in [-0.2, 0) is 11.2 Å². The Labute approximate surface area is 219 Å². The van der Waals surface area contributed by atoms with Gasteiger partial charge in [0.05, 0.1) is 29.9 Å². The maximum atomic E-state index is 12.4. The quantitative estimate of drug-likeness (QED) is 0.282. The fraction of sp³-hybridized carbons (Fsp3) is 0.233. The summed E-state index contributed by atoms with van der Waals surface area (Å²) in [7, 11) is 0. The smallest absolute Gasteiger partial charge is 0.337 e. The first kappa shape index (κ1) is 25.2. The molecule has 38 heavy (non-hydrogen) atoms. The molecule has 1 amide bonds. The van der Waals surface area contributed by atoms with Crippen molar-refractivity contribution in [1.29, 1.82) is 0 Å². The van der Waals surface area contributed by atoms with Crippen molar-refractivity contribution in [2.24, 2.45) is 0 Å². The highest BCUT2D eigenvalue weighted by molar-refractivity contribution is 6.01. The number of anilines is 1. The highest BCUT2D eigenvalue weighted by Crippen LogP contribution is 2.30. The number of aromatic carboxylic acids is 1. The number of para-hydroxylation sites is 1. The van der Waals surface area contributed by atoms with Crippen LogP contribution < -0.4 is 14.8 Å². The van der Waals surface area contributed by atoms with E-state index in [1.807, 2.05) is 36.4 Å². The van der Waals surface area contributed by atoms with Crippen molar-refractivity contribution in [1.82, 2.24) is 4.98 Å². The van der Waals surface area contributed by atoms with Crippen LogP contribution in [0.4, 0.5) is 5.69 Å². The summed E-state index contributed by atoms with van der Waals surface area (Å²) in [4.78, 5) is 28.1. The van der Waals surface area contributed by atoms with E-state index in [1.54, 1.807) is 36.5 Å². The molecule has 1 aliphatic rings. The van der Waals surface area contributed by atoms with E-state index >= 15 is 0 Å². The van der Waals surface area contributed by atoms with Crippen LogP contribution in [0.5, 0.6) is 17.4 Å². The van der Waals surface area contributed by atoms with E-state index in [1.165, 1.54) is 6.07 Å². The van der Waals surface area contributed by atoms with Crippen molar-refractivity contribution in [3.8, 4) is 17.4 Å². The first-order chi connectivity index (χ1) is 18.4. The minimum absolute atomic E-state index is 0.0341. The van der Waals surface area contributed by atoms with E-state index in [-0.39, 0.29) is 35.8 Å². The predicted molar refractivity (Wildman–Crippen MR) is 143 cm³/mol. The Kier molecular flexibility index (Phi) is 7.51. The Hall–Kier alpha value is -4.43. The molecule has 1 aliphatic carbocycles. The SMILES string of the molecule is O=C(Cc1ccc(Oc2ccc3cc(OC4CCC(O)CC4)ccc3c2)nc1)Nc1ccccc1C(=O)O. The second-order valence-electron chi connectivity index (χ2n) is 9.40. The Balaban J connectivity index is 1.18. The monoisotopic (exact) mass is 512 g/mol. The number of nitrogens with zero attached hydrogens (tertiary/aromatic N) is 1. The van der Waals surface area contributed by atoms with Crippen molar-refractivity contribution >= 4 is 28.3 Å². The molecule has 1 saturated carbocycles. The first-order valence-electron chi connectivity index (χ1n) is 12.6. The van der Waals surface area contributed by atoms with Gasteiger partial charge in [-0.15, -0.1) is 0 Å². The molecule has 0 unspecified atom stereocenters. The zero-order valence-electron chi connectivity index (χ0n) is 20.7. The van der Waals surface area contributed by atoms with Crippen LogP contribution >= 0.6 is 0 Å². The lowest BCUT2D eigenvalue weighted by molar-refractivity contribution is -0.115. The molecule has 3 N–H and O–H groups in total. The van der Waals surface area contributed by atoms with E-state index < -0.39 is 5.97 Å². The number of carboxylic acids is 1. The van der Waals surface area contributed by atoms with Crippen LogP contribution in [0.25, 0.3) is 10.8 Å². The van der Waals surface area contributed by atoms with Gasteiger partial charge in [0.2, 0.25) is 11.8 Å². The lowest BCUT2D eigenvalue weighted by atomic mass is 9.95. The van der Waals surface area contributed by atoms with E-state index in [9.17, 15) is 19.8 Å². The second-order valence-corrected chi connectivity index (χ2v) is 9.40.